The second-order valence-electron chi connectivity index (χ2n) is 8.40. The van der Waals surface area contributed by atoms with Gasteiger partial charge < -0.3 is 13.9 Å². The van der Waals surface area contributed by atoms with Crippen molar-refractivity contribution in [2.24, 2.45) is 4.99 Å². The predicted molar refractivity (Wildman–Crippen MR) is 143 cm³/mol. The minimum atomic E-state index is -0.800. The van der Waals surface area contributed by atoms with Crippen LogP contribution in [0.3, 0.4) is 0 Å². The molecule has 0 fully saturated rings. The largest absolute Gasteiger partial charge is 0.466 e. The topological polar surface area (TPSA) is 100 Å². The zero-order valence-corrected chi connectivity index (χ0v) is 22.1. The number of ether oxygens (including phenoxy) is 2. The molecule has 2 aromatic carbocycles. The molecule has 0 aliphatic carbocycles. The lowest BCUT2D eigenvalue weighted by atomic mass is 9.95. The van der Waals surface area contributed by atoms with Crippen molar-refractivity contribution in [3.05, 3.63) is 114 Å². The number of rotatable bonds is 5. The third-order valence-corrected chi connectivity index (χ3v) is 7.30. The molecule has 0 saturated carbocycles. The van der Waals surface area contributed by atoms with E-state index in [9.17, 15) is 14.4 Å². The molecule has 8 nitrogen and oxygen atoms in total. The molecule has 1 aliphatic heterocycles. The van der Waals surface area contributed by atoms with Crippen LogP contribution in [0.15, 0.2) is 86.1 Å². The van der Waals surface area contributed by atoms with Crippen LogP contribution in [0, 0.1) is 0 Å². The number of carbonyl (C=O) groups is 2. The number of hydrogen-bond donors (Lipinski definition) is 0. The first-order valence-corrected chi connectivity index (χ1v) is 12.6. The third kappa shape index (κ3) is 4.62. The van der Waals surface area contributed by atoms with Gasteiger partial charge in [-0.05, 0) is 48.9 Å². The van der Waals surface area contributed by atoms with Crippen LogP contribution in [0.5, 0.6) is 0 Å². The van der Waals surface area contributed by atoms with Gasteiger partial charge in [0.2, 0.25) is 0 Å². The van der Waals surface area contributed by atoms with E-state index in [4.69, 9.17) is 25.5 Å². The molecule has 1 unspecified atom stereocenters. The molecule has 38 heavy (non-hydrogen) atoms. The molecule has 0 spiro atoms. The van der Waals surface area contributed by atoms with E-state index < -0.39 is 18.0 Å². The average Bonchev–Trinajstić information content (AvgIpc) is 3.51. The Morgan fingerprint density at radius 1 is 1.05 bits per heavy atom. The van der Waals surface area contributed by atoms with Gasteiger partial charge in [-0.25, -0.2) is 14.6 Å². The Balaban J connectivity index is 1.63. The van der Waals surface area contributed by atoms with Gasteiger partial charge in [-0.2, -0.15) is 0 Å². The highest BCUT2D eigenvalue weighted by Crippen LogP contribution is 2.31. The Hall–Kier alpha value is -4.21. The number of halogens is 1. The molecule has 0 amide bonds. The summed E-state index contributed by atoms with van der Waals surface area (Å²) < 4.78 is 17.6. The first kappa shape index (κ1) is 25.4. The van der Waals surface area contributed by atoms with Crippen molar-refractivity contribution in [2.45, 2.75) is 13.0 Å². The number of fused-ring (bicyclic) bond motifs is 1. The van der Waals surface area contributed by atoms with E-state index in [1.807, 2.05) is 12.1 Å². The summed E-state index contributed by atoms with van der Waals surface area (Å²) in [6.45, 7) is 1.70. The number of allylic oxidation sites excluding steroid dienone is 1. The van der Waals surface area contributed by atoms with Crippen LogP contribution in [0.2, 0.25) is 5.02 Å². The van der Waals surface area contributed by atoms with Crippen molar-refractivity contribution in [1.29, 1.82) is 0 Å². The number of thiazole rings is 1. The first-order valence-electron chi connectivity index (χ1n) is 11.5. The number of carbonyl (C=O) groups excluding carboxylic acids is 2. The van der Waals surface area contributed by atoms with E-state index in [0.717, 1.165) is 5.56 Å². The monoisotopic (exact) mass is 548 g/mol. The van der Waals surface area contributed by atoms with Crippen LogP contribution in [0.1, 0.15) is 34.6 Å². The standard InChI is InChI=1S/C28H21ClN2O6S/c1-15-23(27(34)36-3)24(16-7-9-17(10-8-16)26(33)35-2)31-25(32)22(38-28(31)30-15)14-20-11-12-21(37-20)18-5-4-6-19(29)13-18/h4-14,24H,1-3H3/b22-14-. The summed E-state index contributed by atoms with van der Waals surface area (Å²) in [5, 5.41) is 0.588. The summed E-state index contributed by atoms with van der Waals surface area (Å²) >= 11 is 7.29. The Kier molecular flexibility index (Phi) is 6.88. The van der Waals surface area contributed by atoms with Gasteiger partial charge in [-0.15, -0.1) is 0 Å². The average molecular weight is 549 g/mol. The van der Waals surface area contributed by atoms with Gasteiger partial charge in [-0.3, -0.25) is 9.36 Å². The number of esters is 2. The predicted octanol–water partition coefficient (Wildman–Crippen LogP) is 4.11. The molecule has 10 heteroatoms. The normalized spacial score (nSPS) is 15.2. The zero-order valence-electron chi connectivity index (χ0n) is 20.6. The van der Waals surface area contributed by atoms with Gasteiger partial charge in [-0.1, -0.05) is 47.2 Å². The Bertz CT molecular complexity index is 1780. The van der Waals surface area contributed by atoms with Crippen molar-refractivity contribution in [2.75, 3.05) is 14.2 Å². The molecule has 4 aromatic rings. The van der Waals surface area contributed by atoms with Gasteiger partial charge in [0.1, 0.15) is 11.5 Å². The van der Waals surface area contributed by atoms with Gasteiger partial charge in [0.05, 0.1) is 41.6 Å². The van der Waals surface area contributed by atoms with Crippen molar-refractivity contribution < 1.29 is 23.5 Å². The lowest BCUT2D eigenvalue weighted by molar-refractivity contribution is -0.136. The number of aromatic nitrogens is 1. The van der Waals surface area contributed by atoms with Crippen LogP contribution in [-0.4, -0.2) is 30.7 Å². The Morgan fingerprint density at radius 2 is 1.79 bits per heavy atom. The number of hydrogen-bond acceptors (Lipinski definition) is 8. The van der Waals surface area contributed by atoms with Crippen molar-refractivity contribution in [3.63, 3.8) is 0 Å². The number of nitrogens with zero attached hydrogens (tertiary/aromatic N) is 2. The fraction of sp³-hybridized carbons (Fsp3) is 0.143. The highest BCUT2D eigenvalue weighted by molar-refractivity contribution is 7.07. The molecule has 0 saturated heterocycles. The first-order chi connectivity index (χ1) is 18.3. The lowest BCUT2D eigenvalue weighted by Crippen LogP contribution is -2.39. The van der Waals surface area contributed by atoms with Crippen molar-refractivity contribution in [3.8, 4) is 11.3 Å². The molecule has 1 atom stereocenters. The van der Waals surface area contributed by atoms with E-state index in [1.165, 1.54) is 30.1 Å². The summed E-state index contributed by atoms with van der Waals surface area (Å²) in [4.78, 5) is 43.4. The maximum Gasteiger partial charge on any atom is 0.338 e. The molecule has 5 rings (SSSR count). The van der Waals surface area contributed by atoms with Crippen molar-refractivity contribution in [1.82, 2.24) is 4.57 Å². The molecular formula is C28H21ClN2O6S. The maximum absolute atomic E-state index is 13.7. The highest BCUT2D eigenvalue weighted by atomic mass is 35.5. The lowest BCUT2D eigenvalue weighted by Gasteiger charge is -2.24. The van der Waals surface area contributed by atoms with Gasteiger partial charge in [0, 0.05) is 16.7 Å². The van der Waals surface area contributed by atoms with E-state index in [-0.39, 0.29) is 11.1 Å². The SMILES string of the molecule is COC(=O)C1=C(C)N=c2s/c(=C\c3ccc(-c4cccc(Cl)c4)o3)c(=O)n2C1c1ccc(C(=O)OC)cc1. The van der Waals surface area contributed by atoms with E-state index in [1.54, 1.807) is 61.5 Å². The van der Waals surface area contributed by atoms with Crippen molar-refractivity contribution >= 4 is 41.0 Å². The zero-order chi connectivity index (χ0) is 27.0. The second-order valence-corrected chi connectivity index (χ2v) is 9.84. The number of benzene rings is 2. The van der Waals surface area contributed by atoms with E-state index in [2.05, 4.69) is 4.99 Å². The maximum atomic E-state index is 13.7. The highest BCUT2D eigenvalue weighted by Gasteiger charge is 2.33. The smallest absolute Gasteiger partial charge is 0.338 e. The number of methoxy groups -OCH3 is 2. The molecule has 2 aromatic heterocycles. The van der Waals surface area contributed by atoms with Gasteiger partial charge in [0.15, 0.2) is 4.80 Å². The van der Waals surface area contributed by atoms with Crippen LogP contribution in [0.25, 0.3) is 17.4 Å². The van der Waals surface area contributed by atoms with Gasteiger partial charge >= 0.3 is 11.9 Å². The molecule has 0 N–H and O–H groups in total. The Labute approximate surface area is 225 Å². The van der Waals surface area contributed by atoms with Crippen LogP contribution < -0.4 is 14.9 Å². The van der Waals surface area contributed by atoms with E-state index >= 15 is 0 Å². The minimum Gasteiger partial charge on any atom is -0.466 e. The summed E-state index contributed by atoms with van der Waals surface area (Å²) in [6.07, 6.45) is 1.65. The van der Waals surface area contributed by atoms with Crippen LogP contribution in [0.4, 0.5) is 0 Å². The minimum absolute atomic E-state index is 0.235. The molecule has 0 bridgehead atoms. The second kappa shape index (κ2) is 10.3. The Morgan fingerprint density at radius 3 is 2.47 bits per heavy atom. The number of furan rings is 1. The summed E-state index contributed by atoms with van der Waals surface area (Å²) in [6, 6.07) is 16.6. The van der Waals surface area contributed by atoms with E-state index in [0.29, 0.717) is 42.7 Å². The molecular weight excluding hydrogens is 528 g/mol. The van der Waals surface area contributed by atoms with Crippen LogP contribution >= 0.6 is 22.9 Å². The molecule has 0 radical (unpaired) electrons. The van der Waals surface area contributed by atoms with Gasteiger partial charge in [0.25, 0.3) is 5.56 Å². The summed E-state index contributed by atoms with van der Waals surface area (Å²) in [5.41, 5.74) is 2.10. The quantitative estimate of drug-likeness (QED) is 0.348. The molecule has 1 aliphatic rings. The molecule has 3 heterocycles. The summed E-state index contributed by atoms with van der Waals surface area (Å²) in [5.74, 6) is 0.00259. The summed E-state index contributed by atoms with van der Waals surface area (Å²) in [7, 11) is 2.58. The fourth-order valence-electron chi connectivity index (χ4n) is 4.28. The third-order valence-electron chi connectivity index (χ3n) is 6.08. The molecule has 192 valence electrons. The van der Waals surface area contributed by atoms with Crippen LogP contribution in [-0.2, 0) is 14.3 Å². The fourth-order valence-corrected chi connectivity index (χ4v) is 5.50.